The Morgan fingerprint density at radius 2 is 1.83 bits per heavy atom. The minimum atomic E-state index is -4.54. The summed E-state index contributed by atoms with van der Waals surface area (Å²) in [7, 11) is 1.42. The molecule has 0 bridgehead atoms. The highest BCUT2D eigenvalue weighted by atomic mass is 127. The molecule has 0 aliphatic carbocycles. The maximum absolute atomic E-state index is 13.0. The van der Waals surface area contributed by atoms with Crippen LogP contribution in [0.25, 0.3) is 0 Å². The molecule has 0 saturated carbocycles. The van der Waals surface area contributed by atoms with Crippen LogP contribution < -0.4 is 15.8 Å². The standard InChI is InChI=1S/C19H18F3N5O.HI/c1-27-12-13(17(26-27)19(20,21)22)11-24-18(23)25-14-6-5-9-16(10-14)28-15-7-3-2-4-8-15;/h2-10,12H,11H2,1H3,(H3,23,24,25);1H. The van der Waals surface area contributed by atoms with Crippen LogP contribution in [0.2, 0.25) is 0 Å². The first-order valence-corrected chi connectivity index (χ1v) is 8.31. The van der Waals surface area contributed by atoms with Crippen molar-refractivity contribution in [3.8, 4) is 11.5 Å². The molecule has 0 aliphatic rings. The van der Waals surface area contributed by atoms with Gasteiger partial charge in [0.1, 0.15) is 11.5 Å². The summed E-state index contributed by atoms with van der Waals surface area (Å²) in [5.74, 6) is 1.24. The molecule has 0 spiro atoms. The smallest absolute Gasteiger partial charge is 0.435 e. The van der Waals surface area contributed by atoms with Gasteiger partial charge in [-0.15, -0.1) is 24.0 Å². The highest BCUT2D eigenvalue weighted by molar-refractivity contribution is 14.0. The van der Waals surface area contributed by atoms with Gasteiger partial charge >= 0.3 is 6.18 Å². The molecule has 0 fully saturated rings. The topological polar surface area (TPSA) is 77.5 Å². The largest absolute Gasteiger partial charge is 0.457 e. The van der Waals surface area contributed by atoms with Crippen molar-refractivity contribution >= 4 is 35.6 Å². The van der Waals surface area contributed by atoms with E-state index in [1.54, 1.807) is 24.3 Å². The van der Waals surface area contributed by atoms with Crippen molar-refractivity contribution in [2.75, 3.05) is 5.32 Å². The Morgan fingerprint density at radius 1 is 1.14 bits per heavy atom. The minimum Gasteiger partial charge on any atom is -0.457 e. The molecule has 0 unspecified atom stereocenters. The molecule has 10 heteroatoms. The average Bonchev–Trinajstić information content (AvgIpc) is 3.02. The van der Waals surface area contributed by atoms with Gasteiger partial charge in [-0.1, -0.05) is 24.3 Å². The number of alkyl halides is 3. The van der Waals surface area contributed by atoms with Gasteiger partial charge < -0.3 is 15.8 Å². The lowest BCUT2D eigenvalue weighted by Gasteiger charge is -2.09. The fourth-order valence-corrected chi connectivity index (χ4v) is 2.51. The summed E-state index contributed by atoms with van der Waals surface area (Å²) in [5, 5.41) is 6.28. The van der Waals surface area contributed by atoms with Crippen LogP contribution in [0.4, 0.5) is 18.9 Å². The van der Waals surface area contributed by atoms with Crippen LogP contribution in [0.5, 0.6) is 11.5 Å². The number of hydrogen-bond acceptors (Lipinski definition) is 3. The van der Waals surface area contributed by atoms with E-state index >= 15 is 0 Å². The average molecular weight is 517 g/mol. The number of aryl methyl sites for hydroxylation is 1. The molecule has 0 atom stereocenters. The Bertz CT molecular complexity index is 973. The second-order valence-electron chi connectivity index (χ2n) is 5.94. The van der Waals surface area contributed by atoms with Gasteiger partial charge in [0.15, 0.2) is 11.7 Å². The third kappa shape index (κ3) is 6.38. The Labute approximate surface area is 182 Å². The SMILES string of the molecule is Cn1cc(CN=C(N)Nc2cccc(Oc3ccccc3)c2)c(C(F)(F)F)n1.I. The molecule has 29 heavy (non-hydrogen) atoms. The molecule has 2 aromatic carbocycles. The molecule has 0 aliphatic heterocycles. The van der Waals surface area contributed by atoms with Crippen molar-refractivity contribution in [3.05, 3.63) is 72.1 Å². The van der Waals surface area contributed by atoms with Crippen LogP contribution in [0.3, 0.4) is 0 Å². The zero-order valence-electron chi connectivity index (χ0n) is 15.3. The molecular weight excluding hydrogens is 498 g/mol. The zero-order chi connectivity index (χ0) is 20.1. The number of nitrogens with one attached hydrogen (secondary N) is 1. The van der Waals surface area contributed by atoms with Crippen molar-refractivity contribution < 1.29 is 17.9 Å². The van der Waals surface area contributed by atoms with Crippen molar-refractivity contribution in [2.24, 2.45) is 17.8 Å². The predicted molar refractivity (Wildman–Crippen MR) is 116 cm³/mol. The lowest BCUT2D eigenvalue weighted by atomic mass is 10.2. The molecule has 154 valence electrons. The molecule has 3 N–H and O–H groups in total. The molecule has 0 radical (unpaired) electrons. The fraction of sp³-hybridized carbons (Fsp3) is 0.158. The number of aromatic nitrogens is 2. The van der Waals surface area contributed by atoms with Crippen LogP contribution in [0.15, 0.2) is 65.8 Å². The van der Waals surface area contributed by atoms with E-state index in [4.69, 9.17) is 10.5 Å². The lowest BCUT2D eigenvalue weighted by Crippen LogP contribution is -2.22. The third-order valence-electron chi connectivity index (χ3n) is 3.68. The molecule has 6 nitrogen and oxygen atoms in total. The van der Waals surface area contributed by atoms with Gasteiger partial charge in [-0.05, 0) is 24.3 Å². The Kier molecular flexibility index (Phi) is 7.48. The summed E-state index contributed by atoms with van der Waals surface area (Å²) in [4.78, 5) is 3.98. The summed E-state index contributed by atoms with van der Waals surface area (Å²) in [6, 6.07) is 16.2. The van der Waals surface area contributed by atoms with E-state index in [0.29, 0.717) is 17.2 Å². The number of ether oxygens (including phenoxy) is 1. The normalized spacial score (nSPS) is 11.7. The lowest BCUT2D eigenvalue weighted by molar-refractivity contribution is -0.142. The number of benzene rings is 2. The van der Waals surface area contributed by atoms with Gasteiger partial charge in [-0.3, -0.25) is 4.68 Å². The van der Waals surface area contributed by atoms with Crippen molar-refractivity contribution in [3.63, 3.8) is 0 Å². The number of guanidine groups is 1. The number of para-hydroxylation sites is 1. The fourth-order valence-electron chi connectivity index (χ4n) is 2.51. The van der Waals surface area contributed by atoms with Crippen molar-refractivity contribution in [2.45, 2.75) is 12.7 Å². The summed E-state index contributed by atoms with van der Waals surface area (Å²) in [6.45, 7) is -0.248. The number of halogens is 4. The molecule has 3 rings (SSSR count). The van der Waals surface area contributed by atoms with Gasteiger partial charge in [0.25, 0.3) is 0 Å². The Morgan fingerprint density at radius 3 is 2.52 bits per heavy atom. The molecular formula is C19H19F3IN5O. The highest BCUT2D eigenvalue weighted by Crippen LogP contribution is 2.31. The summed E-state index contributed by atoms with van der Waals surface area (Å²) >= 11 is 0. The monoisotopic (exact) mass is 517 g/mol. The maximum Gasteiger partial charge on any atom is 0.435 e. The van der Waals surface area contributed by atoms with Crippen LogP contribution in [-0.2, 0) is 19.8 Å². The second-order valence-corrected chi connectivity index (χ2v) is 5.94. The van der Waals surface area contributed by atoms with Gasteiger partial charge in [-0.25, -0.2) is 4.99 Å². The van der Waals surface area contributed by atoms with Crippen LogP contribution in [0, 0.1) is 0 Å². The molecule has 0 saturated heterocycles. The Balaban J connectivity index is 0.00000300. The summed E-state index contributed by atoms with van der Waals surface area (Å²) in [5.41, 5.74) is 5.38. The number of rotatable bonds is 5. The zero-order valence-corrected chi connectivity index (χ0v) is 17.7. The quantitative estimate of drug-likeness (QED) is 0.290. The van der Waals surface area contributed by atoms with Crippen LogP contribution in [0.1, 0.15) is 11.3 Å². The van der Waals surface area contributed by atoms with E-state index in [1.807, 2.05) is 30.3 Å². The van der Waals surface area contributed by atoms with Gasteiger partial charge in [0, 0.05) is 30.6 Å². The van der Waals surface area contributed by atoms with Gasteiger partial charge in [-0.2, -0.15) is 18.3 Å². The molecule has 0 amide bonds. The van der Waals surface area contributed by atoms with Crippen LogP contribution in [-0.4, -0.2) is 15.7 Å². The highest BCUT2D eigenvalue weighted by Gasteiger charge is 2.36. The molecule has 1 aromatic heterocycles. The number of nitrogens with two attached hydrogens (primary N) is 1. The number of anilines is 1. The molecule has 1 heterocycles. The number of nitrogens with zero attached hydrogens (tertiary/aromatic N) is 3. The van der Waals surface area contributed by atoms with Gasteiger partial charge in [0.2, 0.25) is 0 Å². The van der Waals surface area contributed by atoms with Gasteiger partial charge in [0.05, 0.1) is 6.54 Å². The second kappa shape index (κ2) is 9.63. The number of aliphatic imine (C=N–C) groups is 1. The number of hydrogen-bond donors (Lipinski definition) is 2. The Hall–Kier alpha value is -2.76. The molecule has 3 aromatic rings. The van der Waals surface area contributed by atoms with Crippen LogP contribution >= 0.6 is 24.0 Å². The third-order valence-corrected chi connectivity index (χ3v) is 3.68. The summed E-state index contributed by atoms with van der Waals surface area (Å²) < 4.78 is 45.7. The predicted octanol–water partition coefficient (Wildman–Crippen LogP) is 4.78. The summed E-state index contributed by atoms with van der Waals surface area (Å²) in [6.07, 6.45) is -3.27. The van der Waals surface area contributed by atoms with E-state index in [0.717, 1.165) is 4.68 Å². The van der Waals surface area contributed by atoms with E-state index in [9.17, 15) is 13.2 Å². The van der Waals surface area contributed by atoms with E-state index in [-0.39, 0.29) is 42.0 Å². The van der Waals surface area contributed by atoms with Crippen molar-refractivity contribution in [1.82, 2.24) is 9.78 Å². The van der Waals surface area contributed by atoms with E-state index in [2.05, 4.69) is 15.4 Å². The van der Waals surface area contributed by atoms with E-state index < -0.39 is 11.9 Å². The first kappa shape index (κ1) is 22.5. The van der Waals surface area contributed by atoms with Crippen molar-refractivity contribution in [1.29, 1.82) is 0 Å². The minimum absolute atomic E-state index is 0. The van der Waals surface area contributed by atoms with E-state index in [1.165, 1.54) is 13.2 Å². The first-order chi connectivity index (χ1) is 13.3. The first-order valence-electron chi connectivity index (χ1n) is 8.31. The maximum atomic E-state index is 13.0.